The standard InChI is InChI=1S/C12H10ClFN2O2/c1-2-18-12(17)9-7-11(13)16(15-9)10-6-4-3-5-8(10)14/h3-7H,2H2,1H3. The molecule has 2 aromatic rings. The first-order chi connectivity index (χ1) is 8.63. The lowest BCUT2D eigenvalue weighted by Crippen LogP contribution is -2.07. The Kier molecular flexibility index (Phi) is 3.62. The van der Waals surface area contributed by atoms with Crippen LogP contribution in [0.15, 0.2) is 30.3 Å². The second-order valence-electron chi connectivity index (χ2n) is 3.44. The monoisotopic (exact) mass is 268 g/mol. The van der Waals surface area contributed by atoms with Crippen molar-refractivity contribution in [3.63, 3.8) is 0 Å². The van der Waals surface area contributed by atoms with E-state index in [9.17, 15) is 9.18 Å². The summed E-state index contributed by atoms with van der Waals surface area (Å²) in [5.41, 5.74) is 0.225. The van der Waals surface area contributed by atoms with Gasteiger partial charge in [-0.25, -0.2) is 13.9 Å². The van der Waals surface area contributed by atoms with Gasteiger partial charge in [0.1, 0.15) is 16.7 Å². The first-order valence-corrected chi connectivity index (χ1v) is 5.69. The summed E-state index contributed by atoms with van der Waals surface area (Å²) < 4.78 is 19.5. The van der Waals surface area contributed by atoms with Crippen LogP contribution in [0.4, 0.5) is 4.39 Å². The average molecular weight is 269 g/mol. The zero-order valence-electron chi connectivity index (χ0n) is 9.56. The van der Waals surface area contributed by atoms with Gasteiger partial charge >= 0.3 is 5.97 Å². The molecule has 0 fully saturated rings. The van der Waals surface area contributed by atoms with E-state index in [0.29, 0.717) is 0 Å². The summed E-state index contributed by atoms with van der Waals surface area (Å²) in [4.78, 5) is 11.5. The molecular formula is C12H10ClFN2O2. The molecule has 94 valence electrons. The number of benzene rings is 1. The molecule has 6 heteroatoms. The second-order valence-corrected chi connectivity index (χ2v) is 3.82. The third-order valence-electron chi connectivity index (χ3n) is 2.23. The molecule has 0 N–H and O–H groups in total. The van der Waals surface area contributed by atoms with E-state index in [2.05, 4.69) is 5.10 Å². The van der Waals surface area contributed by atoms with E-state index in [1.54, 1.807) is 19.1 Å². The molecule has 4 nitrogen and oxygen atoms in total. The van der Waals surface area contributed by atoms with Crippen molar-refractivity contribution >= 4 is 17.6 Å². The molecule has 0 bridgehead atoms. The van der Waals surface area contributed by atoms with Crippen LogP contribution < -0.4 is 0 Å². The van der Waals surface area contributed by atoms with Crippen LogP contribution in [0.5, 0.6) is 0 Å². The van der Waals surface area contributed by atoms with E-state index in [4.69, 9.17) is 16.3 Å². The van der Waals surface area contributed by atoms with Gasteiger partial charge in [-0.3, -0.25) is 0 Å². The average Bonchev–Trinajstić information content (AvgIpc) is 2.72. The highest BCUT2D eigenvalue weighted by molar-refractivity contribution is 6.30. The van der Waals surface area contributed by atoms with E-state index >= 15 is 0 Å². The molecule has 0 spiro atoms. The highest BCUT2D eigenvalue weighted by Gasteiger charge is 2.16. The number of halogens is 2. The van der Waals surface area contributed by atoms with Crippen molar-refractivity contribution < 1.29 is 13.9 Å². The number of hydrogen-bond donors (Lipinski definition) is 0. The molecule has 0 aliphatic rings. The third kappa shape index (κ3) is 2.36. The molecule has 18 heavy (non-hydrogen) atoms. The van der Waals surface area contributed by atoms with Crippen LogP contribution in [-0.2, 0) is 4.74 Å². The maximum absolute atomic E-state index is 13.6. The number of para-hydroxylation sites is 1. The number of nitrogens with zero attached hydrogens (tertiary/aromatic N) is 2. The minimum absolute atomic E-state index is 0.0464. The molecule has 0 saturated heterocycles. The van der Waals surface area contributed by atoms with Crippen molar-refractivity contribution in [2.75, 3.05) is 6.61 Å². The number of esters is 1. The molecule has 0 atom stereocenters. The lowest BCUT2D eigenvalue weighted by molar-refractivity contribution is 0.0519. The molecule has 0 unspecified atom stereocenters. The van der Waals surface area contributed by atoms with Crippen LogP contribution in [0.2, 0.25) is 5.15 Å². The molecule has 1 aromatic heterocycles. The summed E-state index contributed by atoms with van der Waals surface area (Å²) in [6, 6.07) is 7.36. The van der Waals surface area contributed by atoms with Crippen molar-refractivity contribution in [1.82, 2.24) is 9.78 Å². The normalized spacial score (nSPS) is 10.4. The highest BCUT2D eigenvalue weighted by atomic mass is 35.5. The fraction of sp³-hybridized carbons (Fsp3) is 0.167. The van der Waals surface area contributed by atoms with Gasteiger partial charge < -0.3 is 4.74 Å². The van der Waals surface area contributed by atoms with Gasteiger partial charge in [-0.2, -0.15) is 5.10 Å². The van der Waals surface area contributed by atoms with Gasteiger partial charge in [0.25, 0.3) is 0 Å². The molecule has 1 aromatic carbocycles. The van der Waals surface area contributed by atoms with Gasteiger partial charge in [-0.05, 0) is 19.1 Å². The van der Waals surface area contributed by atoms with E-state index in [0.717, 1.165) is 4.68 Å². The van der Waals surface area contributed by atoms with Crippen LogP contribution in [0.1, 0.15) is 17.4 Å². The zero-order valence-corrected chi connectivity index (χ0v) is 10.3. The summed E-state index contributed by atoms with van der Waals surface area (Å²) >= 11 is 5.92. The molecular weight excluding hydrogens is 259 g/mol. The number of rotatable bonds is 3. The Morgan fingerprint density at radius 1 is 1.50 bits per heavy atom. The number of aromatic nitrogens is 2. The van der Waals surface area contributed by atoms with Crippen molar-refractivity contribution in [3.05, 3.63) is 47.0 Å². The van der Waals surface area contributed by atoms with Gasteiger partial charge in [-0.15, -0.1) is 0 Å². The summed E-state index contributed by atoms with van der Waals surface area (Å²) in [7, 11) is 0. The van der Waals surface area contributed by atoms with Crippen molar-refractivity contribution in [3.8, 4) is 5.69 Å². The highest BCUT2D eigenvalue weighted by Crippen LogP contribution is 2.20. The fourth-order valence-corrected chi connectivity index (χ4v) is 1.69. The molecule has 0 amide bonds. The van der Waals surface area contributed by atoms with E-state index < -0.39 is 11.8 Å². The predicted molar refractivity (Wildman–Crippen MR) is 64.5 cm³/mol. The van der Waals surface area contributed by atoms with Gasteiger partial charge in [-0.1, -0.05) is 23.7 Å². The Morgan fingerprint density at radius 2 is 2.22 bits per heavy atom. The van der Waals surface area contributed by atoms with Crippen LogP contribution in [0.3, 0.4) is 0 Å². The smallest absolute Gasteiger partial charge is 0.358 e. The Balaban J connectivity index is 2.42. The summed E-state index contributed by atoms with van der Waals surface area (Å²) in [5.74, 6) is -1.06. The molecule has 0 saturated carbocycles. The first-order valence-electron chi connectivity index (χ1n) is 5.31. The topological polar surface area (TPSA) is 44.1 Å². The van der Waals surface area contributed by atoms with Crippen LogP contribution in [0.25, 0.3) is 5.69 Å². The van der Waals surface area contributed by atoms with Gasteiger partial charge in [0.05, 0.1) is 6.61 Å². The maximum atomic E-state index is 13.6. The minimum atomic E-state index is -0.588. The molecule has 0 radical (unpaired) electrons. The lowest BCUT2D eigenvalue weighted by Gasteiger charge is -2.03. The molecule has 0 aliphatic heterocycles. The van der Waals surface area contributed by atoms with Crippen LogP contribution in [0, 0.1) is 5.82 Å². The molecule has 2 rings (SSSR count). The van der Waals surface area contributed by atoms with Gasteiger partial charge in [0.15, 0.2) is 5.69 Å². The van der Waals surface area contributed by atoms with Crippen molar-refractivity contribution in [2.45, 2.75) is 6.92 Å². The van der Waals surface area contributed by atoms with Crippen LogP contribution >= 0.6 is 11.6 Å². The fourth-order valence-electron chi connectivity index (χ4n) is 1.46. The third-order valence-corrected chi connectivity index (χ3v) is 2.50. The van der Waals surface area contributed by atoms with Crippen LogP contribution in [-0.4, -0.2) is 22.4 Å². The zero-order chi connectivity index (χ0) is 13.1. The Morgan fingerprint density at radius 3 is 2.89 bits per heavy atom. The second kappa shape index (κ2) is 5.18. The minimum Gasteiger partial charge on any atom is -0.461 e. The number of ether oxygens (including phenoxy) is 1. The number of carbonyl (C=O) groups excluding carboxylic acids is 1. The van der Waals surface area contributed by atoms with Gasteiger partial charge in [0, 0.05) is 6.07 Å². The summed E-state index contributed by atoms with van der Waals surface area (Å²) in [6.07, 6.45) is 0. The van der Waals surface area contributed by atoms with Gasteiger partial charge in [0.2, 0.25) is 0 Å². The largest absolute Gasteiger partial charge is 0.461 e. The quantitative estimate of drug-likeness (QED) is 0.804. The first kappa shape index (κ1) is 12.6. The maximum Gasteiger partial charge on any atom is 0.358 e. The number of hydrogen-bond acceptors (Lipinski definition) is 3. The Labute approximate surface area is 108 Å². The number of carbonyl (C=O) groups is 1. The van der Waals surface area contributed by atoms with E-state index in [1.807, 2.05) is 0 Å². The molecule has 1 heterocycles. The van der Waals surface area contributed by atoms with Crippen molar-refractivity contribution in [1.29, 1.82) is 0 Å². The summed E-state index contributed by atoms with van der Waals surface area (Å²) in [6.45, 7) is 1.93. The Hall–Kier alpha value is -1.88. The lowest BCUT2D eigenvalue weighted by atomic mass is 10.3. The molecule has 0 aliphatic carbocycles. The Bertz CT molecular complexity index is 583. The predicted octanol–water partition coefficient (Wildman–Crippen LogP) is 2.84. The van der Waals surface area contributed by atoms with E-state index in [1.165, 1.54) is 18.2 Å². The summed E-state index contributed by atoms with van der Waals surface area (Å²) in [5, 5.41) is 4.07. The SMILES string of the molecule is CCOC(=O)c1cc(Cl)n(-c2ccccc2F)n1. The van der Waals surface area contributed by atoms with Crippen molar-refractivity contribution in [2.24, 2.45) is 0 Å². The van der Waals surface area contributed by atoms with E-state index in [-0.39, 0.29) is 23.1 Å².